The van der Waals surface area contributed by atoms with E-state index < -0.39 is 18.3 Å². The summed E-state index contributed by atoms with van der Waals surface area (Å²) in [7, 11) is 1.63. The predicted octanol–water partition coefficient (Wildman–Crippen LogP) is 4.32. The van der Waals surface area contributed by atoms with Crippen LogP contribution in [0.15, 0.2) is 53.6 Å². The van der Waals surface area contributed by atoms with E-state index in [9.17, 15) is 23.2 Å². The molecule has 0 bridgehead atoms. The third-order valence-corrected chi connectivity index (χ3v) is 7.90. The van der Waals surface area contributed by atoms with E-state index in [1.807, 2.05) is 30.9 Å². The molecule has 250 valence electrons. The van der Waals surface area contributed by atoms with Crippen LogP contribution in [0.25, 0.3) is 22.0 Å². The first-order valence-corrected chi connectivity index (χ1v) is 15.3. The van der Waals surface area contributed by atoms with Gasteiger partial charge in [-0.25, -0.2) is 14.8 Å². The van der Waals surface area contributed by atoms with Crippen LogP contribution in [-0.2, 0) is 23.1 Å². The zero-order chi connectivity index (χ0) is 34.0. The number of alkyl carbamates (subject to hydrolysis) is 1. The van der Waals surface area contributed by atoms with E-state index in [2.05, 4.69) is 15.3 Å². The fraction of sp³-hybridized carbons (Fsp3) is 0.424. The van der Waals surface area contributed by atoms with E-state index >= 15 is 0 Å². The van der Waals surface area contributed by atoms with E-state index in [1.54, 1.807) is 68.0 Å². The van der Waals surface area contributed by atoms with Crippen LogP contribution >= 0.6 is 0 Å². The van der Waals surface area contributed by atoms with Gasteiger partial charge in [-0.05, 0) is 58.4 Å². The highest BCUT2D eigenvalue weighted by Crippen LogP contribution is 2.27. The fourth-order valence-electron chi connectivity index (χ4n) is 5.65. The van der Waals surface area contributed by atoms with Crippen molar-refractivity contribution in [3.8, 4) is 16.9 Å². The van der Waals surface area contributed by atoms with Gasteiger partial charge in [0, 0.05) is 56.2 Å². The number of anilines is 1. The minimum atomic E-state index is -2.97. The number of carbonyl (C=O) groups is 2. The third kappa shape index (κ3) is 7.69. The summed E-state index contributed by atoms with van der Waals surface area (Å²) in [6.45, 7) is 7.53. The van der Waals surface area contributed by atoms with Crippen LogP contribution in [0.4, 0.5) is 19.5 Å². The van der Waals surface area contributed by atoms with E-state index in [-0.39, 0.29) is 36.3 Å². The Bertz CT molecular complexity index is 1830. The summed E-state index contributed by atoms with van der Waals surface area (Å²) in [5.74, 6) is 0.370. The summed E-state index contributed by atoms with van der Waals surface area (Å²) in [4.78, 5) is 50.7. The molecule has 1 aliphatic rings. The average Bonchev–Trinajstić information content (AvgIpc) is 3.24. The normalized spacial score (nSPS) is 15.3. The predicted molar refractivity (Wildman–Crippen MR) is 173 cm³/mol. The summed E-state index contributed by atoms with van der Waals surface area (Å²) >= 11 is 0. The van der Waals surface area contributed by atoms with Crippen molar-refractivity contribution < 1.29 is 27.8 Å². The Balaban J connectivity index is 1.30. The van der Waals surface area contributed by atoms with E-state index in [0.717, 1.165) is 16.7 Å². The molecule has 0 aliphatic carbocycles. The standard InChI is InChI=1S/C33H39F2N7O5/c1-20-7-10-27(46-30(34)35)23(13-20)19-42-26-14-22(8-9-25(26)29(44)39(42)6)24-15-36-31(37-16-24)40-11-12-41(21(2)18-40)28(43)17-38-32(45)47-33(3,4)5/h7-10,13-16,21,30H,11-12,17-19H2,1-6H3,(H,38,45)/t21-/m0/s1. The van der Waals surface area contributed by atoms with Gasteiger partial charge in [-0.1, -0.05) is 23.8 Å². The maximum absolute atomic E-state index is 13.1. The maximum Gasteiger partial charge on any atom is 0.408 e. The van der Waals surface area contributed by atoms with Crippen LogP contribution in [-0.4, -0.2) is 80.7 Å². The molecule has 2 aromatic heterocycles. The Morgan fingerprint density at radius 2 is 1.79 bits per heavy atom. The van der Waals surface area contributed by atoms with E-state index in [1.165, 1.54) is 10.7 Å². The molecule has 2 aromatic carbocycles. The summed E-state index contributed by atoms with van der Waals surface area (Å²) in [5.41, 5.74) is 2.66. The molecule has 3 heterocycles. The molecule has 0 unspecified atom stereocenters. The van der Waals surface area contributed by atoms with Crippen molar-refractivity contribution in [3.63, 3.8) is 0 Å². The lowest BCUT2D eigenvalue weighted by Gasteiger charge is -2.39. The maximum atomic E-state index is 13.1. The minimum absolute atomic E-state index is 0.0528. The van der Waals surface area contributed by atoms with Gasteiger partial charge < -0.3 is 24.6 Å². The van der Waals surface area contributed by atoms with Crippen LogP contribution in [0.3, 0.4) is 0 Å². The summed E-state index contributed by atoms with van der Waals surface area (Å²) in [6, 6.07) is 10.2. The van der Waals surface area contributed by atoms with Crippen molar-refractivity contribution in [2.24, 2.45) is 7.05 Å². The molecule has 2 amide bonds. The quantitative estimate of drug-likeness (QED) is 0.299. The topological polar surface area (TPSA) is 124 Å². The highest BCUT2D eigenvalue weighted by molar-refractivity contribution is 5.85. The van der Waals surface area contributed by atoms with Crippen molar-refractivity contribution >= 4 is 28.9 Å². The van der Waals surface area contributed by atoms with Crippen LogP contribution in [0.5, 0.6) is 5.75 Å². The molecule has 1 saturated heterocycles. The molecular weight excluding hydrogens is 612 g/mol. The second-order valence-corrected chi connectivity index (χ2v) is 12.6. The van der Waals surface area contributed by atoms with Gasteiger partial charge in [-0.15, -0.1) is 0 Å². The first-order chi connectivity index (χ1) is 22.2. The summed E-state index contributed by atoms with van der Waals surface area (Å²) in [6.07, 6.45) is 2.77. The molecule has 47 heavy (non-hydrogen) atoms. The third-order valence-electron chi connectivity index (χ3n) is 7.90. The minimum Gasteiger partial charge on any atom is -0.444 e. The molecule has 0 saturated carbocycles. The molecule has 0 radical (unpaired) electrons. The number of hydrogen-bond donors (Lipinski definition) is 1. The zero-order valence-corrected chi connectivity index (χ0v) is 27.3. The van der Waals surface area contributed by atoms with Crippen molar-refractivity contribution in [2.75, 3.05) is 31.1 Å². The summed E-state index contributed by atoms with van der Waals surface area (Å²) < 4.78 is 39.3. The average molecular weight is 652 g/mol. The molecule has 1 N–H and O–H groups in total. The molecular formula is C33H39F2N7O5. The number of amides is 2. The number of halogens is 2. The zero-order valence-electron chi connectivity index (χ0n) is 27.3. The van der Waals surface area contributed by atoms with Gasteiger partial charge in [0.05, 0.1) is 17.4 Å². The van der Waals surface area contributed by atoms with Crippen LogP contribution in [0.1, 0.15) is 38.8 Å². The molecule has 1 atom stereocenters. The molecule has 1 aliphatic heterocycles. The Morgan fingerprint density at radius 1 is 1.06 bits per heavy atom. The van der Waals surface area contributed by atoms with E-state index in [4.69, 9.17) is 9.47 Å². The second-order valence-electron chi connectivity index (χ2n) is 12.6. The number of alkyl halides is 2. The molecule has 1 fully saturated rings. The van der Waals surface area contributed by atoms with Gasteiger partial charge in [0.25, 0.3) is 5.56 Å². The number of nitrogens with zero attached hydrogens (tertiary/aromatic N) is 6. The molecule has 12 nitrogen and oxygen atoms in total. The van der Waals surface area contributed by atoms with Gasteiger partial charge in [0.2, 0.25) is 11.9 Å². The highest BCUT2D eigenvalue weighted by atomic mass is 19.3. The number of hydrogen-bond acceptors (Lipinski definition) is 8. The Kier molecular flexibility index (Phi) is 9.50. The second kappa shape index (κ2) is 13.4. The highest BCUT2D eigenvalue weighted by Gasteiger charge is 2.29. The van der Waals surface area contributed by atoms with Crippen LogP contribution in [0, 0.1) is 6.92 Å². The van der Waals surface area contributed by atoms with Crippen LogP contribution < -0.4 is 20.5 Å². The van der Waals surface area contributed by atoms with Crippen molar-refractivity contribution in [1.82, 2.24) is 29.5 Å². The number of ether oxygens (including phenoxy) is 2. The number of aryl methyl sites for hydroxylation is 1. The van der Waals surface area contributed by atoms with Crippen molar-refractivity contribution in [2.45, 2.75) is 59.4 Å². The Hall–Kier alpha value is -5.01. The van der Waals surface area contributed by atoms with Crippen LogP contribution in [0.2, 0.25) is 0 Å². The van der Waals surface area contributed by atoms with Gasteiger partial charge in [0.1, 0.15) is 17.9 Å². The number of aromatic nitrogens is 4. The first kappa shape index (κ1) is 33.4. The SMILES string of the molecule is Cc1ccc(OC(F)F)c(Cn2c3cc(-c4cnc(N5CCN(C(=O)CNC(=O)OC(C)(C)C)[C@@H](C)C5)nc4)ccc3c(=O)n2C)c1. The number of fused-ring (bicyclic) bond motifs is 1. The number of piperazine rings is 1. The smallest absolute Gasteiger partial charge is 0.408 e. The lowest BCUT2D eigenvalue weighted by atomic mass is 10.1. The fourth-order valence-corrected chi connectivity index (χ4v) is 5.65. The summed E-state index contributed by atoms with van der Waals surface area (Å²) in [5, 5.41) is 3.01. The number of benzene rings is 2. The van der Waals surface area contributed by atoms with Crippen molar-refractivity contribution in [1.29, 1.82) is 0 Å². The molecule has 14 heteroatoms. The molecule has 0 spiro atoms. The Labute approximate surface area is 270 Å². The monoisotopic (exact) mass is 651 g/mol. The van der Waals surface area contributed by atoms with Gasteiger partial charge in [-0.3, -0.25) is 19.0 Å². The number of carbonyl (C=O) groups excluding carboxylic acids is 2. The molecule has 4 aromatic rings. The lowest BCUT2D eigenvalue weighted by molar-refractivity contribution is -0.132. The van der Waals surface area contributed by atoms with Gasteiger partial charge in [-0.2, -0.15) is 8.78 Å². The first-order valence-electron chi connectivity index (χ1n) is 15.3. The molecule has 5 rings (SSSR count). The van der Waals surface area contributed by atoms with Gasteiger partial charge >= 0.3 is 12.7 Å². The Morgan fingerprint density at radius 3 is 2.45 bits per heavy atom. The largest absolute Gasteiger partial charge is 0.444 e. The van der Waals surface area contributed by atoms with E-state index in [0.29, 0.717) is 42.0 Å². The lowest BCUT2D eigenvalue weighted by Crippen LogP contribution is -2.56. The van der Waals surface area contributed by atoms with Crippen molar-refractivity contribution in [3.05, 3.63) is 70.3 Å². The number of rotatable bonds is 8. The number of nitrogens with one attached hydrogen (secondary N) is 1. The van der Waals surface area contributed by atoms with Gasteiger partial charge in [0.15, 0.2) is 0 Å².